The Kier molecular flexibility index (Phi) is 6.22. The predicted molar refractivity (Wildman–Crippen MR) is 98.8 cm³/mol. The van der Waals surface area contributed by atoms with Crippen molar-refractivity contribution in [2.75, 3.05) is 39.4 Å². The molecule has 3 rings (SSSR count). The molecule has 3 heterocycles. The number of nitrogens with zero attached hydrogens (tertiary/aromatic N) is 5. The van der Waals surface area contributed by atoms with Gasteiger partial charge in [0.2, 0.25) is 0 Å². The molecule has 0 spiro atoms. The van der Waals surface area contributed by atoms with Crippen molar-refractivity contribution < 1.29 is 4.74 Å². The van der Waals surface area contributed by atoms with Gasteiger partial charge in [0.1, 0.15) is 5.82 Å². The van der Waals surface area contributed by atoms with Gasteiger partial charge in [-0.3, -0.25) is 9.39 Å². The lowest BCUT2D eigenvalue weighted by atomic mass is 10.1. The Hall–Kier alpha value is -2.15. The van der Waals surface area contributed by atoms with Gasteiger partial charge in [-0.05, 0) is 32.4 Å². The minimum Gasteiger partial charge on any atom is -0.381 e. The molecule has 7 heteroatoms. The summed E-state index contributed by atoms with van der Waals surface area (Å²) in [6, 6.07) is 5.93. The molecule has 0 amide bonds. The molecule has 1 fully saturated rings. The third-order valence-electron chi connectivity index (χ3n) is 4.46. The molecule has 25 heavy (non-hydrogen) atoms. The maximum atomic E-state index is 5.57. The van der Waals surface area contributed by atoms with Gasteiger partial charge in [0.05, 0.1) is 6.61 Å². The standard InChI is InChI=1S/C18H28N6O/c1-3-19-18(23-12-9-15(13-23)14-25-4-2)20-10-8-17-22-21-16-7-5-6-11-24(16)17/h5-7,11,15H,3-4,8-10,12-14H2,1-2H3,(H,19,20). The van der Waals surface area contributed by atoms with Crippen LogP contribution in [0.1, 0.15) is 26.1 Å². The first kappa shape index (κ1) is 17.7. The number of pyridine rings is 1. The van der Waals surface area contributed by atoms with Gasteiger partial charge in [-0.2, -0.15) is 0 Å². The highest BCUT2D eigenvalue weighted by Gasteiger charge is 2.24. The number of nitrogens with one attached hydrogen (secondary N) is 1. The third-order valence-corrected chi connectivity index (χ3v) is 4.46. The molecule has 2 aromatic heterocycles. The van der Waals surface area contributed by atoms with Crippen LogP contribution in [0.25, 0.3) is 5.65 Å². The zero-order valence-electron chi connectivity index (χ0n) is 15.2. The van der Waals surface area contributed by atoms with Crippen LogP contribution in [0.5, 0.6) is 0 Å². The van der Waals surface area contributed by atoms with Crippen LogP contribution < -0.4 is 5.32 Å². The average molecular weight is 344 g/mol. The Morgan fingerprint density at radius 3 is 3.12 bits per heavy atom. The first-order valence-corrected chi connectivity index (χ1v) is 9.21. The van der Waals surface area contributed by atoms with Gasteiger partial charge >= 0.3 is 0 Å². The van der Waals surface area contributed by atoms with Gasteiger partial charge in [-0.1, -0.05) is 6.07 Å². The third kappa shape index (κ3) is 4.48. The number of ether oxygens (including phenoxy) is 1. The molecule has 1 aliphatic heterocycles. The molecule has 2 aromatic rings. The van der Waals surface area contributed by atoms with Crippen LogP contribution in [0, 0.1) is 5.92 Å². The molecule has 7 nitrogen and oxygen atoms in total. The summed E-state index contributed by atoms with van der Waals surface area (Å²) in [7, 11) is 0. The predicted octanol–water partition coefficient (Wildman–Crippen LogP) is 1.60. The van der Waals surface area contributed by atoms with Crippen LogP contribution in [0.2, 0.25) is 0 Å². The van der Waals surface area contributed by atoms with Gasteiger partial charge in [0.25, 0.3) is 0 Å². The van der Waals surface area contributed by atoms with E-state index in [4.69, 9.17) is 9.73 Å². The molecule has 0 radical (unpaired) electrons. The molecule has 1 unspecified atom stereocenters. The van der Waals surface area contributed by atoms with Crippen LogP contribution in [-0.4, -0.2) is 64.9 Å². The first-order valence-electron chi connectivity index (χ1n) is 9.21. The second-order valence-corrected chi connectivity index (χ2v) is 6.29. The van der Waals surface area contributed by atoms with E-state index in [0.717, 1.165) is 56.7 Å². The van der Waals surface area contributed by atoms with E-state index < -0.39 is 0 Å². The van der Waals surface area contributed by atoms with E-state index in [2.05, 4.69) is 27.3 Å². The average Bonchev–Trinajstić information content (AvgIpc) is 3.26. The molecule has 1 aliphatic rings. The van der Waals surface area contributed by atoms with Crippen LogP contribution in [0.15, 0.2) is 29.4 Å². The Bertz CT molecular complexity index is 698. The highest BCUT2D eigenvalue weighted by atomic mass is 16.5. The molecule has 0 aromatic carbocycles. The van der Waals surface area contributed by atoms with Crippen LogP contribution in [0.4, 0.5) is 0 Å². The van der Waals surface area contributed by atoms with Crippen molar-refractivity contribution in [2.45, 2.75) is 26.7 Å². The smallest absolute Gasteiger partial charge is 0.193 e. The van der Waals surface area contributed by atoms with E-state index in [1.54, 1.807) is 0 Å². The maximum Gasteiger partial charge on any atom is 0.193 e. The van der Waals surface area contributed by atoms with Gasteiger partial charge in [0, 0.05) is 51.3 Å². The summed E-state index contributed by atoms with van der Waals surface area (Å²) in [5.74, 6) is 2.55. The molecular formula is C18H28N6O. The fourth-order valence-electron chi connectivity index (χ4n) is 3.19. The van der Waals surface area contributed by atoms with E-state index >= 15 is 0 Å². The molecule has 1 N–H and O–H groups in total. The molecule has 0 saturated carbocycles. The van der Waals surface area contributed by atoms with Gasteiger partial charge in [0.15, 0.2) is 11.6 Å². The number of likely N-dealkylation sites (tertiary alicyclic amines) is 1. The topological polar surface area (TPSA) is 67.0 Å². The monoisotopic (exact) mass is 344 g/mol. The number of aliphatic imine (C=N–C) groups is 1. The highest BCUT2D eigenvalue weighted by Crippen LogP contribution is 2.16. The van der Waals surface area contributed by atoms with Crippen molar-refractivity contribution in [3.63, 3.8) is 0 Å². The van der Waals surface area contributed by atoms with E-state index in [0.29, 0.717) is 12.5 Å². The minimum absolute atomic E-state index is 0.601. The molecule has 1 atom stereocenters. The summed E-state index contributed by atoms with van der Waals surface area (Å²) >= 11 is 0. The van der Waals surface area contributed by atoms with E-state index in [1.807, 2.05) is 35.7 Å². The van der Waals surface area contributed by atoms with Crippen molar-refractivity contribution in [3.05, 3.63) is 30.2 Å². The Labute approximate surface area is 149 Å². The summed E-state index contributed by atoms with van der Waals surface area (Å²) in [5, 5.41) is 11.9. The lowest BCUT2D eigenvalue weighted by Crippen LogP contribution is -2.40. The Morgan fingerprint density at radius 2 is 2.28 bits per heavy atom. The molecule has 0 bridgehead atoms. The van der Waals surface area contributed by atoms with Crippen molar-refractivity contribution in [2.24, 2.45) is 10.9 Å². The zero-order valence-corrected chi connectivity index (χ0v) is 15.2. The second kappa shape index (κ2) is 8.80. The minimum atomic E-state index is 0.601. The first-order chi connectivity index (χ1) is 12.3. The highest BCUT2D eigenvalue weighted by molar-refractivity contribution is 5.80. The van der Waals surface area contributed by atoms with Crippen molar-refractivity contribution in [3.8, 4) is 0 Å². The maximum absolute atomic E-state index is 5.57. The lowest BCUT2D eigenvalue weighted by molar-refractivity contribution is 0.114. The fourth-order valence-corrected chi connectivity index (χ4v) is 3.19. The number of fused-ring (bicyclic) bond motifs is 1. The molecular weight excluding hydrogens is 316 g/mol. The van der Waals surface area contributed by atoms with Gasteiger partial charge < -0.3 is 15.0 Å². The summed E-state index contributed by atoms with van der Waals surface area (Å²) in [5.41, 5.74) is 0.881. The van der Waals surface area contributed by atoms with Gasteiger partial charge in [-0.15, -0.1) is 10.2 Å². The summed E-state index contributed by atoms with van der Waals surface area (Å²) in [6.45, 7) is 9.41. The fraction of sp³-hybridized carbons (Fsp3) is 0.611. The van der Waals surface area contributed by atoms with Crippen molar-refractivity contribution in [1.29, 1.82) is 0 Å². The van der Waals surface area contributed by atoms with E-state index in [-0.39, 0.29) is 0 Å². The van der Waals surface area contributed by atoms with Crippen LogP contribution in [0.3, 0.4) is 0 Å². The molecule has 0 aliphatic carbocycles. The molecule has 1 saturated heterocycles. The number of hydrogen-bond donors (Lipinski definition) is 1. The van der Waals surface area contributed by atoms with E-state index in [9.17, 15) is 0 Å². The number of rotatable bonds is 7. The lowest BCUT2D eigenvalue weighted by Gasteiger charge is -2.21. The largest absolute Gasteiger partial charge is 0.381 e. The second-order valence-electron chi connectivity index (χ2n) is 6.29. The zero-order chi connectivity index (χ0) is 17.5. The Morgan fingerprint density at radius 1 is 1.36 bits per heavy atom. The Balaban J connectivity index is 1.59. The van der Waals surface area contributed by atoms with Crippen molar-refractivity contribution in [1.82, 2.24) is 24.8 Å². The molecule has 136 valence electrons. The summed E-state index contributed by atoms with van der Waals surface area (Å²) in [6.07, 6.45) is 3.94. The normalized spacial score (nSPS) is 18.2. The summed E-state index contributed by atoms with van der Waals surface area (Å²) < 4.78 is 7.60. The van der Waals surface area contributed by atoms with Crippen LogP contribution in [-0.2, 0) is 11.2 Å². The quantitative estimate of drug-likeness (QED) is 0.610. The van der Waals surface area contributed by atoms with Crippen molar-refractivity contribution >= 4 is 11.6 Å². The number of guanidine groups is 1. The number of aromatic nitrogens is 3. The van der Waals surface area contributed by atoms with E-state index in [1.165, 1.54) is 6.42 Å². The number of hydrogen-bond acceptors (Lipinski definition) is 4. The van der Waals surface area contributed by atoms with Crippen LogP contribution >= 0.6 is 0 Å². The van der Waals surface area contributed by atoms with Gasteiger partial charge in [-0.25, -0.2) is 0 Å². The summed E-state index contributed by atoms with van der Waals surface area (Å²) in [4.78, 5) is 7.14. The SMILES string of the molecule is CCNC(=NCCc1nnc2ccccn12)N1CCC(COCC)C1.